The number of hydrogen-bond donors (Lipinski definition) is 0. The van der Waals surface area contributed by atoms with Crippen molar-refractivity contribution in [2.24, 2.45) is 0 Å². The number of benzene rings is 8. The summed E-state index contributed by atoms with van der Waals surface area (Å²) >= 11 is 0. The third kappa shape index (κ3) is 6.05. The van der Waals surface area contributed by atoms with Crippen LogP contribution in [0.1, 0.15) is 25.0 Å². The maximum Gasteiger partial charge on any atom is 0.0245 e. The van der Waals surface area contributed by atoms with Crippen molar-refractivity contribution < 1.29 is 20.1 Å². The second kappa shape index (κ2) is 13.8. The molecule has 0 saturated heterocycles. The first-order chi connectivity index (χ1) is 25.0. The molecule has 2 heteroatoms. The number of rotatable bonds is 6. The van der Waals surface area contributed by atoms with Gasteiger partial charge in [0.1, 0.15) is 0 Å². The standard InChI is InChI=1S/C50H36N.Ir/c1-50(2,41-19-4-3-5-20-41)42-27-25-34(26-28-42)35-13-10-14-36(29-35)37-15-11-16-38(30-37)39-17-12-18-40(31-39)49-32-47-45-23-8-6-21-43(45)44-22-7-9-24-46(44)48(47)33-51-49;/h3-17,19-33H,1-2H3;/q-1;. The van der Waals surface area contributed by atoms with E-state index in [4.69, 9.17) is 4.98 Å². The zero-order chi connectivity index (χ0) is 34.4. The first-order valence-corrected chi connectivity index (χ1v) is 17.6. The molecule has 0 fully saturated rings. The average molecular weight is 843 g/mol. The van der Waals surface area contributed by atoms with E-state index in [0.29, 0.717) is 0 Å². The molecule has 0 spiro atoms. The van der Waals surface area contributed by atoms with Crippen LogP contribution in [0.3, 0.4) is 0 Å². The van der Waals surface area contributed by atoms with E-state index in [9.17, 15) is 0 Å². The summed E-state index contributed by atoms with van der Waals surface area (Å²) in [6.07, 6.45) is 2.03. The second-order valence-corrected chi connectivity index (χ2v) is 13.9. The zero-order valence-electron chi connectivity index (χ0n) is 29.1. The van der Waals surface area contributed by atoms with E-state index in [-0.39, 0.29) is 25.5 Å². The number of pyridine rings is 1. The Morgan fingerprint density at radius 1 is 0.404 bits per heavy atom. The maximum atomic E-state index is 4.98. The molecule has 0 N–H and O–H groups in total. The van der Waals surface area contributed by atoms with Crippen molar-refractivity contribution >= 4 is 32.3 Å². The molecule has 0 saturated carbocycles. The molecule has 0 aliphatic heterocycles. The molecule has 1 nitrogen and oxygen atoms in total. The largest absolute Gasteiger partial charge is 0.304 e. The summed E-state index contributed by atoms with van der Waals surface area (Å²) in [5.74, 6) is 0. The average Bonchev–Trinajstić information content (AvgIpc) is 3.21. The van der Waals surface area contributed by atoms with Crippen LogP contribution in [0.2, 0.25) is 0 Å². The predicted molar refractivity (Wildman–Crippen MR) is 216 cm³/mol. The van der Waals surface area contributed by atoms with Crippen LogP contribution >= 0.6 is 0 Å². The molecule has 52 heavy (non-hydrogen) atoms. The molecular weight excluding hydrogens is 807 g/mol. The molecule has 9 rings (SSSR count). The molecule has 0 atom stereocenters. The second-order valence-electron chi connectivity index (χ2n) is 13.9. The van der Waals surface area contributed by atoms with Gasteiger partial charge in [0.2, 0.25) is 0 Å². The van der Waals surface area contributed by atoms with Crippen molar-refractivity contribution in [3.63, 3.8) is 0 Å². The SMILES string of the molecule is CC(C)(c1ccccc1)c1ccc(-c2cccc(-c3cccc(-c4cc[c-]c(-c5cc6c7ccccc7c7ccccc7c6cn5)c4)c3)c2)cc1.[Ir]. The van der Waals surface area contributed by atoms with Gasteiger partial charge in [-0.25, -0.2) is 0 Å². The van der Waals surface area contributed by atoms with Gasteiger partial charge >= 0.3 is 0 Å². The molecule has 1 aromatic heterocycles. The summed E-state index contributed by atoms with van der Waals surface area (Å²) in [7, 11) is 0. The van der Waals surface area contributed by atoms with Crippen LogP contribution in [-0.4, -0.2) is 4.98 Å². The Kier molecular flexibility index (Phi) is 8.89. The Labute approximate surface area is 319 Å². The molecule has 0 bridgehead atoms. The van der Waals surface area contributed by atoms with Crippen LogP contribution in [0.4, 0.5) is 0 Å². The molecule has 9 aromatic rings. The molecule has 0 unspecified atom stereocenters. The maximum absolute atomic E-state index is 4.98. The van der Waals surface area contributed by atoms with Crippen molar-refractivity contribution in [3.05, 3.63) is 199 Å². The summed E-state index contributed by atoms with van der Waals surface area (Å²) in [5.41, 5.74) is 11.6. The van der Waals surface area contributed by atoms with Crippen LogP contribution in [-0.2, 0) is 25.5 Å². The van der Waals surface area contributed by atoms with Gasteiger partial charge in [-0.1, -0.05) is 159 Å². The quantitative estimate of drug-likeness (QED) is 0.120. The zero-order valence-corrected chi connectivity index (χ0v) is 31.5. The van der Waals surface area contributed by atoms with E-state index in [0.717, 1.165) is 22.4 Å². The fourth-order valence-corrected chi connectivity index (χ4v) is 7.60. The molecule has 8 aromatic carbocycles. The molecule has 0 aliphatic carbocycles. The Bertz CT molecular complexity index is 2670. The number of fused-ring (bicyclic) bond motifs is 6. The number of nitrogens with zero attached hydrogens (tertiary/aromatic N) is 1. The minimum Gasteiger partial charge on any atom is -0.304 e. The van der Waals surface area contributed by atoms with Crippen molar-refractivity contribution in [3.8, 4) is 44.6 Å². The van der Waals surface area contributed by atoms with Gasteiger partial charge in [0, 0.05) is 37.1 Å². The van der Waals surface area contributed by atoms with Crippen molar-refractivity contribution in [1.29, 1.82) is 0 Å². The van der Waals surface area contributed by atoms with Crippen LogP contribution in [0.25, 0.3) is 77.0 Å². The summed E-state index contributed by atoms with van der Waals surface area (Å²) in [6.45, 7) is 4.58. The smallest absolute Gasteiger partial charge is 0.0245 e. The van der Waals surface area contributed by atoms with Crippen molar-refractivity contribution in [1.82, 2.24) is 4.98 Å². The summed E-state index contributed by atoms with van der Waals surface area (Å²) in [4.78, 5) is 4.98. The van der Waals surface area contributed by atoms with Gasteiger partial charge in [-0.3, -0.25) is 0 Å². The van der Waals surface area contributed by atoms with Gasteiger partial charge in [-0.2, -0.15) is 0 Å². The van der Waals surface area contributed by atoms with E-state index in [2.05, 4.69) is 190 Å². The summed E-state index contributed by atoms with van der Waals surface area (Å²) in [5, 5.41) is 7.38. The Morgan fingerprint density at radius 2 is 0.885 bits per heavy atom. The molecule has 0 aliphatic rings. The molecule has 0 amide bonds. The Balaban J connectivity index is 0.00000387. The van der Waals surface area contributed by atoms with Crippen LogP contribution < -0.4 is 0 Å². The minimum absolute atomic E-state index is 0. The molecule has 1 heterocycles. The third-order valence-corrected chi connectivity index (χ3v) is 10.5. The van der Waals surface area contributed by atoms with Gasteiger partial charge < -0.3 is 4.98 Å². The van der Waals surface area contributed by atoms with Crippen LogP contribution in [0, 0.1) is 6.07 Å². The van der Waals surface area contributed by atoms with Crippen molar-refractivity contribution in [2.75, 3.05) is 0 Å². The Morgan fingerprint density at radius 3 is 1.48 bits per heavy atom. The van der Waals surface area contributed by atoms with Gasteiger partial charge in [0.05, 0.1) is 0 Å². The van der Waals surface area contributed by atoms with Crippen molar-refractivity contribution in [2.45, 2.75) is 19.3 Å². The fourth-order valence-electron chi connectivity index (χ4n) is 7.60. The monoisotopic (exact) mass is 843 g/mol. The summed E-state index contributed by atoms with van der Waals surface area (Å²) in [6, 6.07) is 66.9. The van der Waals surface area contributed by atoms with Gasteiger partial charge in [0.15, 0.2) is 0 Å². The van der Waals surface area contributed by atoms with Crippen LogP contribution in [0.5, 0.6) is 0 Å². The Hall–Kier alpha value is -5.66. The van der Waals surface area contributed by atoms with E-state index < -0.39 is 0 Å². The molecule has 1 radical (unpaired) electrons. The van der Waals surface area contributed by atoms with Gasteiger partial charge in [0.25, 0.3) is 0 Å². The van der Waals surface area contributed by atoms with E-state index in [1.165, 1.54) is 65.7 Å². The van der Waals surface area contributed by atoms with Gasteiger partial charge in [-0.15, -0.1) is 35.4 Å². The number of aromatic nitrogens is 1. The van der Waals surface area contributed by atoms with E-state index >= 15 is 0 Å². The fraction of sp³-hybridized carbons (Fsp3) is 0.0600. The van der Waals surface area contributed by atoms with E-state index in [1.54, 1.807) is 0 Å². The predicted octanol–water partition coefficient (Wildman–Crippen LogP) is 13.3. The summed E-state index contributed by atoms with van der Waals surface area (Å²) < 4.78 is 0. The van der Waals surface area contributed by atoms with Gasteiger partial charge in [-0.05, 0) is 83.7 Å². The first kappa shape index (κ1) is 33.5. The first-order valence-electron chi connectivity index (χ1n) is 17.6. The topological polar surface area (TPSA) is 12.9 Å². The normalized spacial score (nSPS) is 11.5. The van der Waals surface area contributed by atoms with E-state index in [1.807, 2.05) is 12.3 Å². The minimum atomic E-state index is -0.0647. The van der Waals surface area contributed by atoms with Crippen LogP contribution in [0.15, 0.2) is 182 Å². The molecular formula is C50H36IrN-. The molecule has 251 valence electrons. The number of hydrogen-bond acceptors (Lipinski definition) is 1. The third-order valence-electron chi connectivity index (χ3n) is 10.5.